The zero-order valence-corrected chi connectivity index (χ0v) is 8.60. The van der Waals surface area contributed by atoms with Crippen molar-refractivity contribution in [2.24, 2.45) is 5.73 Å². The maximum Gasteiger partial charge on any atom is 0.313 e. The summed E-state index contributed by atoms with van der Waals surface area (Å²) in [4.78, 5) is 11.1. The average molecular weight is 232 g/mol. The van der Waals surface area contributed by atoms with Crippen LogP contribution in [-0.2, 0) is 4.79 Å². The van der Waals surface area contributed by atoms with Crippen molar-refractivity contribution in [2.45, 2.75) is 12.5 Å². The third kappa shape index (κ3) is 1.59. The second kappa shape index (κ2) is 3.42. The number of halogens is 2. The van der Waals surface area contributed by atoms with Crippen LogP contribution < -0.4 is 10.5 Å². The van der Waals surface area contributed by atoms with Gasteiger partial charge in [-0.1, -0.05) is 23.2 Å². The first-order valence-corrected chi connectivity index (χ1v) is 4.78. The Hall–Kier alpha value is -0.770. The molecule has 1 unspecified atom stereocenters. The molecule has 2 N–H and O–H groups in total. The van der Waals surface area contributed by atoms with E-state index in [0.29, 0.717) is 21.4 Å². The summed E-state index contributed by atoms with van der Waals surface area (Å²) >= 11 is 11.7. The number of nitrogens with two attached hydrogens (primary N) is 1. The van der Waals surface area contributed by atoms with Gasteiger partial charge in [-0.15, -0.1) is 0 Å². The molecule has 0 aliphatic carbocycles. The highest BCUT2D eigenvalue weighted by Gasteiger charge is 2.26. The molecule has 1 aliphatic heterocycles. The van der Waals surface area contributed by atoms with Gasteiger partial charge in [-0.2, -0.15) is 0 Å². The summed E-state index contributed by atoms with van der Waals surface area (Å²) in [5, 5.41) is 0.804. The molecule has 0 fully saturated rings. The van der Waals surface area contributed by atoms with Crippen molar-refractivity contribution in [3.8, 4) is 5.75 Å². The predicted octanol–water partition coefficient (Wildman–Crippen LogP) is 2.30. The molecule has 0 bridgehead atoms. The van der Waals surface area contributed by atoms with Gasteiger partial charge in [-0.05, 0) is 12.1 Å². The van der Waals surface area contributed by atoms with E-state index in [0.717, 1.165) is 0 Å². The van der Waals surface area contributed by atoms with Crippen molar-refractivity contribution in [1.29, 1.82) is 0 Å². The first kappa shape index (κ1) is 9.77. The van der Waals surface area contributed by atoms with E-state index in [1.54, 1.807) is 6.07 Å². The molecule has 0 saturated carbocycles. The van der Waals surface area contributed by atoms with Gasteiger partial charge in [0.15, 0.2) is 5.75 Å². The lowest BCUT2D eigenvalue weighted by Gasteiger charge is -2.22. The summed E-state index contributed by atoms with van der Waals surface area (Å²) in [6.45, 7) is 0. The summed E-state index contributed by atoms with van der Waals surface area (Å²) in [7, 11) is 0. The normalized spacial score (nSPS) is 20.2. The molecule has 0 spiro atoms. The molecule has 14 heavy (non-hydrogen) atoms. The first-order valence-electron chi connectivity index (χ1n) is 4.03. The van der Waals surface area contributed by atoms with E-state index in [-0.39, 0.29) is 18.4 Å². The smallest absolute Gasteiger partial charge is 0.313 e. The largest absolute Gasteiger partial charge is 0.425 e. The highest BCUT2D eigenvalue weighted by Crippen LogP contribution is 2.39. The van der Waals surface area contributed by atoms with Crippen molar-refractivity contribution in [3.63, 3.8) is 0 Å². The molecule has 0 amide bonds. The van der Waals surface area contributed by atoms with Gasteiger partial charge in [0.05, 0.1) is 11.4 Å². The fraction of sp³-hybridized carbons (Fsp3) is 0.222. The van der Waals surface area contributed by atoms with Crippen LogP contribution in [0.25, 0.3) is 0 Å². The molecule has 1 aromatic rings. The SMILES string of the molecule is NC1CC(=O)Oc2c(Cl)cc(Cl)cc21. The minimum atomic E-state index is -0.387. The zero-order chi connectivity index (χ0) is 10.3. The van der Waals surface area contributed by atoms with E-state index in [9.17, 15) is 4.79 Å². The van der Waals surface area contributed by atoms with Gasteiger partial charge in [0.25, 0.3) is 0 Å². The fourth-order valence-corrected chi connectivity index (χ4v) is 1.96. The molecule has 3 nitrogen and oxygen atoms in total. The van der Waals surface area contributed by atoms with Crippen LogP contribution in [0, 0.1) is 0 Å². The standard InChI is InChI=1S/C9H7Cl2NO2/c10-4-1-5-7(12)3-8(13)14-9(5)6(11)2-4/h1-2,7H,3,12H2. The maximum atomic E-state index is 11.1. The molecule has 1 heterocycles. The van der Waals surface area contributed by atoms with E-state index in [1.807, 2.05) is 0 Å². The quantitative estimate of drug-likeness (QED) is 0.551. The summed E-state index contributed by atoms with van der Waals surface area (Å²) in [6.07, 6.45) is 0.156. The third-order valence-corrected chi connectivity index (χ3v) is 2.54. The van der Waals surface area contributed by atoms with E-state index < -0.39 is 0 Å². The number of carbonyl (C=O) groups is 1. The van der Waals surface area contributed by atoms with Gasteiger partial charge in [-0.3, -0.25) is 4.79 Å². The van der Waals surface area contributed by atoms with Crippen LogP contribution >= 0.6 is 23.2 Å². The van der Waals surface area contributed by atoms with Crippen molar-refractivity contribution in [3.05, 3.63) is 27.7 Å². The first-order chi connectivity index (χ1) is 6.58. The highest BCUT2D eigenvalue weighted by atomic mass is 35.5. The van der Waals surface area contributed by atoms with Crippen LogP contribution in [0.15, 0.2) is 12.1 Å². The lowest BCUT2D eigenvalue weighted by Crippen LogP contribution is -2.25. The van der Waals surface area contributed by atoms with Crippen LogP contribution in [0.5, 0.6) is 5.75 Å². The molecular formula is C9H7Cl2NO2. The van der Waals surface area contributed by atoms with E-state index in [1.165, 1.54) is 6.07 Å². The zero-order valence-electron chi connectivity index (χ0n) is 7.09. The van der Waals surface area contributed by atoms with Crippen LogP contribution in [0.3, 0.4) is 0 Å². The molecule has 0 saturated heterocycles. The van der Waals surface area contributed by atoms with E-state index >= 15 is 0 Å². The Kier molecular flexibility index (Phi) is 2.39. The van der Waals surface area contributed by atoms with Crippen LogP contribution in [-0.4, -0.2) is 5.97 Å². The number of fused-ring (bicyclic) bond motifs is 1. The Bertz CT molecular complexity index is 406. The number of hydrogen-bond acceptors (Lipinski definition) is 3. The molecule has 0 radical (unpaired) electrons. The molecule has 2 rings (SSSR count). The molecule has 0 aromatic heterocycles. The summed E-state index contributed by atoms with van der Waals surface area (Å²) in [5.41, 5.74) is 6.44. The van der Waals surface area contributed by atoms with Gasteiger partial charge in [0, 0.05) is 16.6 Å². The Labute approximate surface area is 90.7 Å². The van der Waals surface area contributed by atoms with Crippen molar-refractivity contribution in [1.82, 2.24) is 0 Å². The topological polar surface area (TPSA) is 52.3 Å². The van der Waals surface area contributed by atoms with Gasteiger partial charge in [-0.25, -0.2) is 0 Å². The number of ether oxygens (including phenoxy) is 1. The van der Waals surface area contributed by atoms with Gasteiger partial charge in [0.2, 0.25) is 0 Å². The molecular weight excluding hydrogens is 225 g/mol. The molecule has 74 valence electrons. The predicted molar refractivity (Wildman–Crippen MR) is 53.6 cm³/mol. The van der Waals surface area contributed by atoms with Crippen LogP contribution in [0.1, 0.15) is 18.0 Å². The van der Waals surface area contributed by atoms with E-state index in [4.69, 9.17) is 33.7 Å². The van der Waals surface area contributed by atoms with Crippen molar-refractivity contribution >= 4 is 29.2 Å². The monoisotopic (exact) mass is 231 g/mol. The second-order valence-corrected chi connectivity index (χ2v) is 3.93. The van der Waals surface area contributed by atoms with E-state index in [2.05, 4.69) is 0 Å². The second-order valence-electron chi connectivity index (χ2n) is 3.09. The molecule has 5 heteroatoms. The summed E-state index contributed by atoms with van der Waals surface area (Å²) in [5.74, 6) is -0.0333. The number of carbonyl (C=O) groups excluding carboxylic acids is 1. The van der Waals surface area contributed by atoms with Crippen molar-refractivity contribution < 1.29 is 9.53 Å². The Balaban J connectivity index is 2.58. The Morgan fingerprint density at radius 3 is 2.86 bits per heavy atom. The van der Waals surface area contributed by atoms with Crippen LogP contribution in [0.4, 0.5) is 0 Å². The molecule has 1 aromatic carbocycles. The number of hydrogen-bond donors (Lipinski definition) is 1. The van der Waals surface area contributed by atoms with Gasteiger partial charge < -0.3 is 10.5 Å². The molecule has 1 aliphatic rings. The maximum absolute atomic E-state index is 11.1. The minimum Gasteiger partial charge on any atom is -0.425 e. The van der Waals surface area contributed by atoms with Crippen molar-refractivity contribution in [2.75, 3.05) is 0 Å². The Morgan fingerprint density at radius 1 is 1.43 bits per heavy atom. The van der Waals surface area contributed by atoms with Gasteiger partial charge >= 0.3 is 5.97 Å². The highest BCUT2D eigenvalue weighted by molar-refractivity contribution is 6.35. The lowest BCUT2D eigenvalue weighted by molar-refractivity contribution is -0.135. The summed E-state index contributed by atoms with van der Waals surface area (Å²) < 4.78 is 4.98. The number of rotatable bonds is 0. The minimum absolute atomic E-state index is 0.156. The van der Waals surface area contributed by atoms with Gasteiger partial charge in [0.1, 0.15) is 0 Å². The van der Waals surface area contributed by atoms with Crippen LogP contribution in [0.2, 0.25) is 10.0 Å². The fourth-order valence-electron chi connectivity index (χ4n) is 1.41. The molecule has 1 atom stereocenters. The third-order valence-electron chi connectivity index (χ3n) is 2.04. The Morgan fingerprint density at radius 2 is 2.14 bits per heavy atom. The average Bonchev–Trinajstić information content (AvgIpc) is 2.07. The number of esters is 1. The lowest BCUT2D eigenvalue weighted by atomic mass is 10.0. The summed E-state index contributed by atoms with van der Waals surface area (Å²) in [6, 6.07) is 2.80. The number of benzene rings is 1.